The van der Waals surface area contributed by atoms with E-state index in [1.807, 2.05) is 20.8 Å². The predicted octanol–water partition coefficient (Wildman–Crippen LogP) is 3.45. The van der Waals surface area contributed by atoms with E-state index in [0.717, 1.165) is 12.0 Å². The van der Waals surface area contributed by atoms with Gasteiger partial charge >= 0.3 is 0 Å². The Morgan fingerprint density at radius 2 is 1.94 bits per heavy atom. The molecule has 18 heavy (non-hydrogen) atoms. The second-order valence-electron chi connectivity index (χ2n) is 5.79. The maximum absolute atomic E-state index is 11.9. The van der Waals surface area contributed by atoms with Crippen molar-refractivity contribution in [1.29, 1.82) is 0 Å². The summed E-state index contributed by atoms with van der Waals surface area (Å²) in [6, 6.07) is 6.35. The van der Waals surface area contributed by atoms with Crippen molar-refractivity contribution in [2.45, 2.75) is 51.2 Å². The summed E-state index contributed by atoms with van der Waals surface area (Å²) in [5, 5.41) is 0. The summed E-state index contributed by atoms with van der Waals surface area (Å²) in [6.07, 6.45) is 6.62. The Morgan fingerprint density at radius 3 is 2.67 bits per heavy atom. The first-order chi connectivity index (χ1) is 8.48. The fraction of sp³-hybridized carbons (Fsp3) is 0.533. The zero-order chi connectivity index (χ0) is 13.2. The number of nitrogens with zero attached hydrogens (tertiary/aromatic N) is 1. The van der Waals surface area contributed by atoms with Gasteiger partial charge in [-0.05, 0) is 57.6 Å². The van der Waals surface area contributed by atoms with Gasteiger partial charge in [0.15, 0.2) is 0 Å². The Kier molecular flexibility index (Phi) is 4.13. The van der Waals surface area contributed by atoms with Crippen LogP contribution in [0.5, 0.6) is 0 Å². The largest absolute Gasteiger partial charge is 0.591 e. The third-order valence-corrected chi connectivity index (χ3v) is 4.59. The van der Waals surface area contributed by atoms with Crippen molar-refractivity contribution in [2.24, 2.45) is 4.40 Å². The molecule has 1 aromatic carbocycles. The van der Waals surface area contributed by atoms with Crippen molar-refractivity contribution in [2.75, 3.05) is 0 Å². The molecule has 0 amide bonds. The van der Waals surface area contributed by atoms with Crippen molar-refractivity contribution in [3.8, 4) is 0 Å². The first-order valence-corrected chi connectivity index (χ1v) is 7.66. The molecule has 0 bridgehead atoms. The highest BCUT2D eigenvalue weighted by Crippen LogP contribution is 2.24. The molecule has 0 aromatic heterocycles. The van der Waals surface area contributed by atoms with Gasteiger partial charge < -0.3 is 4.55 Å². The second-order valence-corrected chi connectivity index (χ2v) is 7.72. The molecule has 0 spiro atoms. The van der Waals surface area contributed by atoms with E-state index in [0.29, 0.717) is 0 Å². The molecule has 2 rings (SSSR count). The van der Waals surface area contributed by atoms with E-state index in [2.05, 4.69) is 22.6 Å². The predicted molar refractivity (Wildman–Crippen MR) is 78.6 cm³/mol. The van der Waals surface area contributed by atoms with Crippen LogP contribution in [0.1, 0.15) is 50.3 Å². The monoisotopic (exact) mass is 263 g/mol. The minimum Gasteiger partial charge on any atom is -0.591 e. The number of benzene rings is 1. The van der Waals surface area contributed by atoms with Gasteiger partial charge in [-0.1, -0.05) is 22.6 Å². The standard InChI is InChI=1S/C15H21NOS/c1-15(2,3)18(17)16-11-13-9-6-8-12-7-4-5-10-14(12)13/h6,8-9,11H,4-5,7,10H2,1-3H3. The van der Waals surface area contributed by atoms with Crippen LogP contribution in [0.15, 0.2) is 22.6 Å². The molecular weight excluding hydrogens is 242 g/mol. The summed E-state index contributed by atoms with van der Waals surface area (Å²) in [4.78, 5) is 0. The van der Waals surface area contributed by atoms with Crippen LogP contribution in [0.4, 0.5) is 0 Å². The first-order valence-electron chi connectivity index (χ1n) is 6.55. The van der Waals surface area contributed by atoms with Crippen molar-refractivity contribution >= 4 is 17.6 Å². The van der Waals surface area contributed by atoms with Crippen LogP contribution in [0.25, 0.3) is 0 Å². The molecular formula is C15H21NOS. The van der Waals surface area contributed by atoms with Crippen molar-refractivity contribution < 1.29 is 4.55 Å². The minimum atomic E-state index is -1.17. The lowest BCUT2D eigenvalue weighted by atomic mass is 9.89. The molecule has 1 unspecified atom stereocenters. The van der Waals surface area contributed by atoms with E-state index in [-0.39, 0.29) is 4.75 Å². The van der Waals surface area contributed by atoms with Gasteiger partial charge in [-0.25, -0.2) is 0 Å². The lowest BCUT2D eigenvalue weighted by molar-refractivity contribution is 0.562. The molecule has 0 fully saturated rings. The van der Waals surface area contributed by atoms with Crippen LogP contribution in [-0.2, 0) is 24.2 Å². The normalized spacial score (nSPS) is 17.8. The maximum Gasteiger partial charge on any atom is 0.144 e. The third-order valence-electron chi connectivity index (χ3n) is 3.24. The molecule has 0 saturated carbocycles. The summed E-state index contributed by atoms with van der Waals surface area (Å²) in [5.41, 5.74) is 3.98. The van der Waals surface area contributed by atoms with Gasteiger partial charge in [-0.15, -0.1) is 0 Å². The molecule has 0 saturated heterocycles. The fourth-order valence-corrected chi connectivity index (χ4v) is 2.72. The highest BCUT2D eigenvalue weighted by Gasteiger charge is 2.26. The van der Waals surface area contributed by atoms with Gasteiger partial charge in [0.05, 0.1) is 6.21 Å². The summed E-state index contributed by atoms with van der Waals surface area (Å²) in [7, 11) is 0. The minimum absolute atomic E-state index is 0.286. The first kappa shape index (κ1) is 13.6. The van der Waals surface area contributed by atoms with E-state index >= 15 is 0 Å². The Bertz CT molecular complexity index is 448. The molecule has 1 aliphatic rings. The number of rotatable bonds is 2. The van der Waals surface area contributed by atoms with Gasteiger partial charge in [0.2, 0.25) is 0 Å². The van der Waals surface area contributed by atoms with Crippen molar-refractivity contribution in [3.63, 3.8) is 0 Å². The molecule has 2 nitrogen and oxygen atoms in total. The maximum atomic E-state index is 11.9. The van der Waals surface area contributed by atoms with E-state index in [4.69, 9.17) is 0 Å². The Morgan fingerprint density at radius 1 is 1.22 bits per heavy atom. The SMILES string of the molecule is CC(C)(C)[S+]([O-])N=Cc1cccc2c1CCCC2. The number of aryl methyl sites for hydroxylation is 1. The smallest absolute Gasteiger partial charge is 0.144 e. The fourth-order valence-electron chi connectivity index (χ4n) is 2.19. The number of fused-ring (bicyclic) bond motifs is 1. The van der Waals surface area contributed by atoms with E-state index < -0.39 is 11.4 Å². The molecule has 98 valence electrons. The van der Waals surface area contributed by atoms with Crippen LogP contribution in [-0.4, -0.2) is 15.5 Å². The zero-order valence-electron chi connectivity index (χ0n) is 11.4. The van der Waals surface area contributed by atoms with Crippen LogP contribution >= 0.6 is 0 Å². The van der Waals surface area contributed by atoms with Crippen molar-refractivity contribution in [3.05, 3.63) is 34.9 Å². The molecule has 0 N–H and O–H groups in total. The van der Waals surface area contributed by atoms with Gasteiger partial charge in [-0.3, -0.25) is 0 Å². The van der Waals surface area contributed by atoms with Gasteiger partial charge in [-0.2, -0.15) is 0 Å². The number of hydrogen-bond acceptors (Lipinski definition) is 2. The van der Waals surface area contributed by atoms with E-state index in [9.17, 15) is 4.55 Å². The topological polar surface area (TPSA) is 35.4 Å². The average Bonchev–Trinajstić information content (AvgIpc) is 2.34. The number of hydrogen-bond donors (Lipinski definition) is 0. The van der Waals surface area contributed by atoms with E-state index in [1.54, 1.807) is 6.21 Å². The highest BCUT2D eigenvalue weighted by atomic mass is 32.2. The summed E-state index contributed by atoms with van der Waals surface area (Å²) >= 11 is -1.17. The van der Waals surface area contributed by atoms with Crippen LogP contribution in [0, 0.1) is 0 Å². The Labute approximate surface area is 113 Å². The zero-order valence-corrected chi connectivity index (χ0v) is 12.2. The van der Waals surface area contributed by atoms with Gasteiger partial charge in [0, 0.05) is 5.56 Å². The quantitative estimate of drug-likeness (QED) is 0.594. The molecule has 0 heterocycles. The molecule has 1 atom stereocenters. The average molecular weight is 263 g/mol. The van der Waals surface area contributed by atoms with Gasteiger partial charge in [0.25, 0.3) is 0 Å². The Balaban J connectivity index is 2.22. The second kappa shape index (κ2) is 5.45. The van der Waals surface area contributed by atoms with Gasteiger partial charge in [0.1, 0.15) is 16.1 Å². The summed E-state index contributed by atoms with van der Waals surface area (Å²) < 4.78 is 15.9. The Hall–Kier alpha value is -0.800. The lowest BCUT2D eigenvalue weighted by Crippen LogP contribution is -2.25. The van der Waals surface area contributed by atoms with E-state index in [1.165, 1.54) is 30.4 Å². The van der Waals surface area contributed by atoms with Crippen LogP contribution in [0.2, 0.25) is 0 Å². The lowest BCUT2D eigenvalue weighted by Gasteiger charge is -2.19. The molecule has 1 aliphatic carbocycles. The molecule has 1 aromatic rings. The summed E-state index contributed by atoms with van der Waals surface area (Å²) in [6.45, 7) is 5.84. The van der Waals surface area contributed by atoms with Crippen LogP contribution < -0.4 is 0 Å². The molecule has 0 aliphatic heterocycles. The van der Waals surface area contributed by atoms with Crippen molar-refractivity contribution in [1.82, 2.24) is 0 Å². The molecule has 0 radical (unpaired) electrons. The molecule has 3 heteroatoms. The summed E-state index contributed by atoms with van der Waals surface area (Å²) in [5.74, 6) is 0. The highest BCUT2D eigenvalue weighted by molar-refractivity contribution is 7.91. The third kappa shape index (κ3) is 3.15. The van der Waals surface area contributed by atoms with Crippen LogP contribution in [0.3, 0.4) is 0 Å².